The molecule has 2 rings (SSSR count). The lowest BCUT2D eigenvalue weighted by molar-refractivity contribution is -0.132. The highest BCUT2D eigenvalue weighted by Gasteiger charge is 2.22. The molecule has 1 aliphatic rings. The number of carbonyl (C=O) groups excluding carboxylic acids is 1. The molecule has 0 bridgehead atoms. The van der Waals surface area contributed by atoms with Crippen LogP contribution >= 0.6 is 12.4 Å². The van der Waals surface area contributed by atoms with Crippen molar-refractivity contribution in [2.45, 2.75) is 19.4 Å². The first-order valence-corrected chi connectivity index (χ1v) is 7.84. The van der Waals surface area contributed by atoms with Gasteiger partial charge in [0.2, 0.25) is 5.91 Å². The van der Waals surface area contributed by atoms with Crippen molar-refractivity contribution in [3.63, 3.8) is 0 Å². The predicted molar refractivity (Wildman–Crippen MR) is 93.3 cm³/mol. The third-order valence-electron chi connectivity index (χ3n) is 4.14. The van der Waals surface area contributed by atoms with Crippen LogP contribution < -0.4 is 5.32 Å². The molecule has 1 N–H and O–H groups in total. The van der Waals surface area contributed by atoms with Crippen LogP contribution in [0.5, 0.6) is 0 Å². The molecule has 1 amide bonds. The average Bonchev–Trinajstić information content (AvgIpc) is 2.49. The number of rotatable bonds is 6. The van der Waals surface area contributed by atoms with E-state index in [1.165, 1.54) is 18.4 Å². The quantitative estimate of drug-likeness (QED) is 0.869. The van der Waals surface area contributed by atoms with E-state index in [1.807, 2.05) is 37.2 Å². The number of benzene rings is 1. The summed E-state index contributed by atoms with van der Waals surface area (Å²) in [7, 11) is 3.89. The number of halogens is 1. The van der Waals surface area contributed by atoms with Gasteiger partial charge in [0.15, 0.2) is 0 Å². The van der Waals surface area contributed by atoms with Gasteiger partial charge in [0.25, 0.3) is 0 Å². The minimum atomic E-state index is 0. The zero-order valence-corrected chi connectivity index (χ0v) is 14.4. The van der Waals surface area contributed by atoms with Crippen molar-refractivity contribution < 1.29 is 4.79 Å². The Kier molecular flexibility index (Phi) is 8.46. The Bertz CT molecular complexity index is 439. The van der Waals surface area contributed by atoms with Gasteiger partial charge < -0.3 is 10.2 Å². The molecule has 0 radical (unpaired) electrons. The van der Waals surface area contributed by atoms with Crippen molar-refractivity contribution >= 4 is 18.3 Å². The van der Waals surface area contributed by atoms with Crippen LogP contribution in [0.15, 0.2) is 30.3 Å². The summed E-state index contributed by atoms with van der Waals surface area (Å²) in [5.74, 6) is 0.889. The fourth-order valence-corrected chi connectivity index (χ4v) is 3.01. The highest BCUT2D eigenvalue weighted by Crippen LogP contribution is 2.15. The maximum absolute atomic E-state index is 12.3. The van der Waals surface area contributed by atoms with E-state index in [0.29, 0.717) is 19.0 Å². The van der Waals surface area contributed by atoms with E-state index < -0.39 is 0 Å². The molecule has 0 aromatic heterocycles. The van der Waals surface area contributed by atoms with E-state index in [1.54, 1.807) is 0 Å². The maximum atomic E-state index is 12.3. The molecule has 0 aliphatic carbocycles. The maximum Gasteiger partial charge on any atom is 0.236 e. The molecule has 124 valence electrons. The topological polar surface area (TPSA) is 35.6 Å². The minimum absolute atomic E-state index is 0. The second kappa shape index (κ2) is 9.82. The number of nitrogens with one attached hydrogen (secondary N) is 1. The summed E-state index contributed by atoms with van der Waals surface area (Å²) in [6, 6.07) is 10.2. The lowest BCUT2D eigenvalue weighted by atomic mass is 9.98. The molecule has 1 aliphatic heterocycles. The summed E-state index contributed by atoms with van der Waals surface area (Å²) in [4.78, 5) is 16.5. The Morgan fingerprint density at radius 1 is 1.36 bits per heavy atom. The highest BCUT2D eigenvalue weighted by atomic mass is 35.5. The number of likely N-dealkylation sites (N-methyl/N-ethyl adjacent to an activating group) is 1. The van der Waals surface area contributed by atoms with Gasteiger partial charge in [-0.25, -0.2) is 0 Å². The van der Waals surface area contributed by atoms with Crippen molar-refractivity contribution in [3.8, 4) is 0 Å². The SMILES string of the molecule is CNCC1CCCN(CC(=O)N(C)Cc2ccccc2)C1.Cl. The summed E-state index contributed by atoms with van der Waals surface area (Å²) < 4.78 is 0. The first-order chi connectivity index (χ1) is 10.2. The molecule has 1 aromatic rings. The van der Waals surface area contributed by atoms with Crippen molar-refractivity contribution in [2.75, 3.05) is 40.3 Å². The van der Waals surface area contributed by atoms with Gasteiger partial charge in [-0.3, -0.25) is 9.69 Å². The first-order valence-electron chi connectivity index (χ1n) is 7.84. The van der Waals surface area contributed by atoms with Crippen molar-refractivity contribution in [2.24, 2.45) is 5.92 Å². The van der Waals surface area contributed by atoms with Gasteiger partial charge in [0.1, 0.15) is 0 Å². The third-order valence-corrected chi connectivity index (χ3v) is 4.14. The second-order valence-electron chi connectivity index (χ2n) is 6.04. The number of carbonyl (C=O) groups is 1. The molecular weight excluding hydrogens is 298 g/mol. The number of piperidine rings is 1. The van der Waals surface area contributed by atoms with E-state index in [9.17, 15) is 4.79 Å². The lowest BCUT2D eigenvalue weighted by Gasteiger charge is -2.33. The summed E-state index contributed by atoms with van der Waals surface area (Å²) in [6.07, 6.45) is 2.47. The van der Waals surface area contributed by atoms with Crippen LogP contribution in [0.25, 0.3) is 0 Å². The van der Waals surface area contributed by atoms with E-state index in [-0.39, 0.29) is 18.3 Å². The summed E-state index contributed by atoms with van der Waals surface area (Å²) in [6.45, 7) is 4.36. The van der Waals surface area contributed by atoms with E-state index >= 15 is 0 Å². The van der Waals surface area contributed by atoms with Gasteiger partial charge >= 0.3 is 0 Å². The lowest BCUT2D eigenvalue weighted by Crippen LogP contribution is -2.44. The second-order valence-corrected chi connectivity index (χ2v) is 6.04. The van der Waals surface area contributed by atoms with Gasteiger partial charge in [-0.2, -0.15) is 0 Å². The smallest absolute Gasteiger partial charge is 0.236 e. The standard InChI is InChI=1S/C17H27N3O.ClH/c1-18-11-16-9-6-10-20(13-16)14-17(21)19(2)12-15-7-4-3-5-8-15;/h3-5,7-8,16,18H,6,9-14H2,1-2H3;1H. The van der Waals surface area contributed by atoms with Gasteiger partial charge in [-0.15, -0.1) is 12.4 Å². The minimum Gasteiger partial charge on any atom is -0.340 e. The van der Waals surface area contributed by atoms with Crippen LogP contribution in [-0.4, -0.2) is 56.0 Å². The van der Waals surface area contributed by atoms with Gasteiger partial charge in [-0.05, 0) is 44.5 Å². The number of amides is 1. The average molecular weight is 326 g/mol. The van der Waals surface area contributed by atoms with Gasteiger partial charge in [0, 0.05) is 20.1 Å². The number of hydrogen-bond donors (Lipinski definition) is 1. The zero-order chi connectivity index (χ0) is 15.1. The molecule has 22 heavy (non-hydrogen) atoms. The Balaban J connectivity index is 0.00000242. The Hall–Kier alpha value is -1.10. The first kappa shape index (κ1) is 18.9. The molecule has 0 saturated carbocycles. The van der Waals surface area contributed by atoms with Crippen molar-refractivity contribution in [1.29, 1.82) is 0 Å². The molecule has 5 heteroatoms. The molecule has 1 saturated heterocycles. The monoisotopic (exact) mass is 325 g/mol. The fraction of sp³-hybridized carbons (Fsp3) is 0.588. The van der Waals surface area contributed by atoms with Crippen LogP contribution in [0.4, 0.5) is 0 Å². The molecule has 1 fully saturated rings. The largest absolute Gasteiger partial charge is 0.340 e. The van der Waals surface area contributed by atoms with Crippen LogP contribution in [0.1, 0.15) is 18.4 Å². The summed E-state index contributed by atoms with van der Waals surface area (Å²) in [5.41, 5.74) is 1.18. The molecular formula is C17H28ClN3O. The van der Waals surface area contributed by atoms with Crippen LogP contribution in [0.2, 0.25) is 0 Å². The summed E-state index contributed by atoms with van der Waals surface area (Å²) in [5, 5.41) is 3.24. The molecule has 1 aromatic carbocycles. The Morgan fingerprint density at radius 2 is 2.09 bits per heavy atom. The molecule has 0 spiro atoms. The highest BCUT2D eigenvalue weighted by molar-refractivity contribution is 5.85. The zero-order valence-electron chi connectivity index (χ0n) is 13.6. The number of nitrogens with zero attached hydrogens (tertiary/aromatic N) is 2. The van der Waals surface area contributed by atoms with Gasteiger partial charge in [-0.1, -0.05) is 30.3 Å². The number of likely N-dealkylation sites (tertiary alicyclic amines) is 1. The van der Waals surface area contributed by atoms with Crippen LogP contribution in [0, 0.1) is 5.92 Å². The molecule has 1 atom stereocenters. The van der Waals surface area contributed by atoms with Crippen LogP contribution in [0.3, 0.4) is 0 Å². The van der Waals surface area contributed by atoms with Crippen molar-refractivity contribution in [1.82, 2.24) is 15.1 Å². The Morgan fingerprint density at radius 3 is 2.77 bits per heavy atom. The van der Waals surface area contributed by atoms with Gasteiger partial charge in [0.05, 0.1) is 6.54 Å². The fourth-order valence-electron chi connectivity index (χ4n) is 3.01. The van der Waals surface area contributed by atoms with Crippen molar-refractivity contribution in [3.05, 3.63) is 35.9 Å². The van der Waals surface area contributed by atoms with E-state index in [4.69, 9.17) is 0 Å². The van der Waals surface area contributed by atoms with Crippen LogP contribution in [-0.2, 0) is 11.3 Å². The van der Waals surface area contributed by atoms with E-state index in [2.05, 4.69) is 22.3 Å². The number of hydrogen-bond acceptors (Lipinski definition) is 3. The predicted octanol–water partition coefficient (Wildman–Crippen LogP) is 2.00. The Labute approximate surface area is 140 Å². The summed E-state index contributed by atoms with van der Waals surface area (Å²) >= 11 is 0. The molecule has 1 heterocycles. The third kappa shape index (κ3) is 5.95. The molecule has 4 nitrogen and oxygen atoms in total. The molecule has 1 unspecified atom stereocenters. The van der Waals surface area contributed by atoms with E-state index in [0.717, 1.165) is 19.6 Å². The normalized spacial score (nSPS) is 18.5.